The number of H-pyrrole nitrogens is 2. The molecule has 2 aliphatic carbocycles. The number of carbonyl (C=O) groups is 17. The molecule has 5 fully saturated rings. The molecule has 2 saturated carbocycles. The third kappa shape index (κ3) is 25.9. The Morgan fingerprint density at radius 3 is 1.78 bits per heavy atom. The predicted octanol–water partition coefficient (Wildman–Crippen LogP) is -0.218. The lowest BCUT2D eigenvalue weighted by molar-refractivity contribution is -0.153. The van der Waals surface area contributed by atoms with Crippen LogP contribution in [-0.4, -0.2) is 300 Å². The van der Waals surface area contributed by atoms with Gasteiger partial charge in [0.2, 0.25) is 100 Å². The van der Waals surface area contributed by atoms with Crippen LogP contribution >= 0.6 is 34.7 Å². The molecule has 5 aliphatic rings. The molecule has 21 N–H and O–H groups in total. The van der Waals surface area contributed by atoms with Gasteiger partial charge in [-0.05, 0) is 147 Å². The number of likely N-dealkylation sites (N-methyl/N-ethyl adjacent to an activating group) is 3. The van der Waals surface area contributed by atoms with Gasteiger partial charge in [0.25, 0.3) is 0 Å². The van der Waals surface area contributed by atoms with E-state index in [1.165, 1.54) is 66.6 Å². The summed E-state index contributed by atoms with van der Waals surface area (Å²) in [5.41, 5.74) is 16.2. The number of fused-ring (bicyclic) bond motifs is 4. The van der Waals surface area contributed by atoms with Crippen molar-refractivity contribution in [3.8, 4) is 0 Å². The van der Waals surface area contributed by atoms with E-state index in [9.17, 15) is 43.5 Å². The third-order valence-electron chi connectivity index (χ3n) is 26.3. The topological polar surface area (TPSA) is 605 Å². The van der Waals surface area contributed by atoms with Crippen molar-refractivity contribution in [2.75, 3.05) is 65.4 Å². The highest BCUT2D eigenvalue weighted by atomic mass is 35.5. The van der Waals surface area contributed by atoms with E-state index >= 15 is 43.2 Å². The minimum atomic E-state index is -1.84. The van der Waals surface area contributed by atoms with Crippen molar-refractivity contribution in [1.82, 2.24) is 97.9 Å². The van der Waals surface area contributed by atoms with E-state index in [2.05, 4.69) is 73.4 Å². The number of aliphatic hydroxyl groups is 1. The minimum absolute atomic E-state index is 0.000745. The number of thiophene rings is 1. The number of aliphatic hydroxyl groups excluding tert-OH is 1. The maximum Gasteiger partial charge on any atom is 0.249 e. The molecule has 17 amide bonds. The lowest BCUT2D eigenvalue weighted by atomic mass is 9.99. The highest BCUT2D eigenvalue weighted by Crippen LogP contribution is 2.57. The lowest BCUT2D eigenvalue weighted by Crippen LogP contribution is -2.63. The summed E-state index contributed by atoms with van der Waals surface area (Å²) in [6, 6.07) is 2.53. The summed E-state index contributed by atoms with van der Waals surface area (Å²) in [4.78, 5) is 269. The minimum Gasteiger partial charge on any atom is -0.394 e. The van der Waals surface area contributed by atoms with Gasteiger partial charge >= 0.3 is 0 Å². The number of imidazole rings is 1. The number of guanidine groups is 1. The quantitative estimate of drug-likeness (QED) is 0.0212. The number of hydrogen-bond acceptors (Lipinski definition) is 22. The number of rotatable bonds is 24. The first-order chi connectivity index (χ1) is 65.3. The summed E-state index contributed by atoms with van der Waals surface area (Å²) in [6.45, 7) is 6.85. The van der Waals surface area contributed by atoms with Gasteiger partial charge < -0.3 is 115 Å². The maximum absolute atomic E-state index is 16.2. The Bertz CT molecular complexity index is 5450. The number of carbonyl (C=O) groups excluding carboxylic acids is 17. The van der Waals surface area contributed by atoms with Crippen molar-refractivity contribution in [1.29, 1.82) is 5.41 Å². The molecule has 2 unspecified atom stereocenters. The summed E-state index contributed by atoms with van der Waals surface area (Å²) in [5, 5.41) is 52.6. The summed E-state index contributed by atoms with van der Waals surface area (Å²) in [7, 11) is 4.13. The predicted molar refractivity (Wildman–Crippen MR) is 510 cm³/mol. The molecule has 3 aromatic heterocycles. The molecule has 6 heterocycles. The van der Waals surface area contributed by atoms with E-state index in [4.69, 9.17) is 34.2 Å². The number of thioether (sulfide) groups is 1. The Morgan fingerprint density at radius 2 is 1.16 bits per heavy atom. The number of amides is 17. The van der Waals surface area contributed by atoms with Gasteiger partial charge in [-0.3, -0.25) is 86.9 Å². The first kappa shape index (κ1) is 105. The van der Waals surface area contributed by atoms with E-state index in [0.717, 1.165) is 31.6 Å². The molecule has 41 nitrogen and oxygen atoms in total. The van der Waals surface area contributed by atoms with Crippen molar-refractivity contribution in [3.05, 3.63) is 124 Å². The number of primary amides is 2. The Balaban J connectivity index is 0.955. The zero-order chi connectivity index (χ0) is 99.4. The molecular formula is C93H126ClN23O18S2. The average molecular weight is 1950 g/mol. The van der Waals surface area contributed by atoms with Gasteiger partial charge in [0.1, 0.15) is 83.6 Å². The molecule has 11 rings (SSSR count). The fourth-order valence-electron chi connectivity index (χ4n) is 18.7. The normalized spacial score (nSPS) is 26.8. The standard InChI is InChI=1S/C93H126ClN23O18S2/c1-9-18-55-40-92(55)89(134)112-62(23-15-31-100-91(97)98)79(124)111-70(78(123)102-44-75(96)120)47-136-48-76(121)104-66(35-52-27-29-57(94)30-28-52)85(130)113(6)51(5)77(122)107-68(39-74(95)119)88(133)117-33-17-25-72(117)84(129)106-64(38-58-43-99-49-103-58)81(126)108-65(34-50(3)4)87(132)116-32-16-24-71(116)83(128)105-63(36-53-42-101-61-22-13-11-20-59(53)61)80(125)110-69(45-118)82(127)109-67(37-54-46-137-73-26-14-12-21-60(54)73)86(131)114(7)93(90(135)115(92)8)41-56(93)19-10-2/h11-14,20-22,26-30,42-43,46,49-51,55-56,62-72,101,118H,9-10,15-19,23-25,31-41,44-45,47-48H2,1-8H3,(H2,95,119)(H2,96,120)(H,99,103)(H,102,123)(H,104,121)(H,105,128)(H,106,129)(H,107,122)(H,108,126)(H,109,127)(H,110,125)(H,111,124)(H,112,134)(H4,97,98,100)/t51-,55+,56+,62-,63-,64-,65-,66-,67-,68-,69-,70-,71-,72-,92?,93?/m0/s1. The maximum atomic E-state index is 16.2. The van der Waals surface area contributed by atoms with Crippen LogP contribution in [-0.2, 0) is 107 Å². The van der Waals surface area contributed by atoms with Gasteiger partial charge in [0.15, 0.2) is 5.96 Å². The number of aromatic amines is 2. The van der Waals surface area contributed by atoms with E-state index in [0.29, 0.717) is 64.0 Å². The molecule has 740 valence electrons. The summed E-state index contributed by atoms with van der Waals surface area (Å²) >= 11 is 8.45. The molecule has 137 heavy (non-hydrogen) atoms. The number of benzene rings is 3. The number of nitrogens with two attached hydrogens (primary N) is 3. The molecule has 6 aromatic rings. The second-order valence-electron chi connectivity index (χ2n) is 36.4. The molecular weight excluding hydrogens is 1830 g/mol. The van der Waals surface area contributed by atoms with Crippen molar-refractivity contribution < 1.29 is 86.6 Å². The second-order valence-corrected chi connectivity index (χ2v) is 38.7. The largest absolute Gasteiger partial charge is 0.394 e. The van der Waals surface area contributed by atoms with Gasteiger partial charge in [0, 0.05) is 111 Å². The number of nitrogens with zero attached hydrogens (tertiary/aromatic N) is 6. The molecule has 3 aliphatic heterocycles. The van der Waals surface area contributed by atoms with Crippen molar-refractivity contribution >= 4 is 162 Å². The lowest BCUT2D eigenvalue weighted by Gasteiger charge is -2.38. The van der Waals surface area contributed by atoms with Gasteiger partial charge in [0.05, 0.1) is 31.7 Å². The van der Waals surface area contributed by atoms with Crippen LogP contribution in [0.2, 0.25) is 5.02 Å². The molecule has 3 aromatic carbocycles. The van der Waals surface area contributed by atoms with Crippen LogP contribution in [0, 0.1) is 23.2 Å². The number of hydrogen-bond donors (Lipinski definition) is 18. The van der Waals surface area contributed by atoms with Crippen LogP contribution in [0.3, 0.4) is 0 Å². The SMILES string of the molecule is CCC[C@@H]1CC12C(=O)N[C@@H](CCCNC(=N)N)C(=O)N[C@H](C(=O)NCC(N)=O)CSCC(=O)N[C@@H](Cc1ccc(Cl)cc1)C(=O)N(C)[C@@H](C)C(=O)N[C@@H](CC(N)=O)C(=O)N1CCC[C@H]1C(=O)N[C@@H](Cc1cnc[nH]1)C(=O)N[C@@H](CC(C)C)C(=O)N1CCC[C@H]1C(=O)N[C@@H](Cc1c[nH]c3ccccc13)C(=O)N[C@@H](CO)C(=O)N[C@@H](Cc1csc3ccccc13)C(=O)N(C)C1(C[C@H]1CCC)C(=O)N2C. The summed E-state index contributed by atoms with van der Waals surface area (Å²) in [5.74, 6) is -17.7. The summed E-state index contributed by atoms with van der Waals surface area (Å²) in [6.07, 6.45) is 5.19. The number of nitrogens with one attached hydrogen (secondary N) is 14. The highest BCUT2D eigenvalue weighted by Gasteiger charge is 2.71. The second kappa shape index (κ2) is 47.3. The first-order valence-corrected chi connectivity index (χ1v) is 48.7. The number of halogens is 1. The van der Waals surface area contributed by atoms with Crippen LogP contribution in [0.5, 0.6) is 0 Å². The fraction of sp³-hybridized carbons (Fsp3) is 0.538. The van der Waals surface area contributed by atoms with E-state index in [1.807, 2.05) is 37.4 Å². The molecule has 3 saturated heterocycles. The molecule has 16 atom stereocenters. The van der Waals surface area contributed by atoms with E-state index in [-0.39, 0.29) is 109 Å². The van der Waals surface area contributed by atoms with E-state index < -0.39 is 233 Å². The molecule has 2 spiro atoms. The Morgan fingerprint density at radius 1 is 0.591 bits per heavy atom. The Labute approximate surface area is 806 Å². The van der Waals surface area contributed by atoms with Crippen LogP contribution < -0.4 is 75.7 Å². The Kier molecular flexibility index (Phi) is 36.2. The van der Waals surface area contributed by atoms with Gasteiger partial charge in [-0.15, -0.1) is 23.1 Å². The monoisotopic (exact) mass is 1950 g/mol. The van der Waals surface area contributed by atoms with Gasteiger partial charge in [-0.2, -0.15) is 0 Å². The zero-order valence-corrected chi connectivity index (χ0v) is 80.5. The average Bonchev–Trinajstić information content (AvgIpc) is 1.53. The van der Waals surface area contributed by atoms with Crippen LogP contribution in [0.1, 0.15) is 147 Å². The fourth-order valence-corrected chi connectivity index (χ4v) is 20.6. The third-order valence-corrected chi connectivity index (χ3v) is 28.6. The smallest absolute Gasteiger partial charge is 0.249 e. The number of para-hydroxylation sites is 1. The Hall–Kier alpha value is -12.8. The van der Waals surface area contributed by atoms with Gasteiger partial charge in [-0.25, -0.2) is 4.98 Å². The highest BCUT2D eigenvalue weighted by molar-refractivity contribution is 8.00. The van der Waals surface area contributed by atoms with Crippen molar-refractivity contribution in [2.24, 2.45) is 35.0 Å². The van der Waals surface area contributed by atoms with Crippen LogP contribution in [0.15, 0.2) is 96.9 Å². The molecule has 0 bridgehead atoms. The van der Waals surface area contributed by atoms with Crippen LogP contribution in [0.4, 0.5) is 0 Å². The summed E-state index contributed by atoms with van der Waals surface area (Å²) < 4.78 is 0.836. The molecule has 0 radical (unpaired) electrons. The first-order valence-electron chi connectivity index (χ1n) is 46.3. The van der Waals surface area contributed by atoms with Gasteiger partial charge in [-0.1, -0.05) is 101 Å². The van der Waals surface area contributed by atoms with Crippen molar-refractivity contribution in [2.45, 2.75) is 234 Å². The zero-order valence-electron chi connectivity index (χ0n) is 78.1. The molecule has 44 heteroatoms. The number of aromatic nitrogens is 3. The van der Waals surface area contributed by atoms with Crippen LogP contribution in [0.25, 0.3) is 21.0 Å². The van der Waals surface area contributed by atoms with E-state index in [1.54, 1.807) is 74.6 Å². The van der Waals surface area contributed by atoms with Crippen molar-refractivity contribution in [3.63, 3.8) is 0 Å².